The predicted octanol–water partition coefficient (Wildman–Crippen LogP) is 1.91. The molecule has 0 radical (unpaired) electrons. The van der Waals surface area contributed by atoms with Crippen molar-refractivity contribution in [1.82, 2.24) is 4.98 Å². The van der Waals surface area contributed by atoms with Crippen LogP contribution in [0.3, 0.4) is 0 Å². The maximum absolute atomic E-state index is 12.0. The lowest BCUT2D eigenvalue weighted by Gasteiger charge is -2.08. The minimum Gasteiger partial charge on any atom is -0.389 e. The summed E-state index contributed by atoms with van der Waals surface area (Å²) in [5.74, 6) is -0.561. The number of carbonyl (C=O) groups excluding carboxylic acids is 1. The zero-order valence-electron chi connectivity index (χ0n) is 10.1. The van der Waals surface area contributed by atoms with Crippen molar-refractivity contribution in [3.05, 3.63) is 63.0 Å². The molecule has 2 aromatic rings. The highest BCUT2D eigenvalue weighted by atomic mass is 35.5. The monoisotopic (exact) mass is 307 g/mol. The van der Waals surface area contributed by atoms with Gasteiger partial charge < -0.3 is 16.0 Å². The first-order chi connectivity index (χ1) is 9.49. The van der Waals surface area contributed by atoms with E-state index in [4.69, 9.17) is 29.6 Å². The highest BCUT2D eigenvalue weighted by Crippen LogP contribution is 2.23. The molecule has 0 bridgehead atoms. The summed E-state index contributed by atoms with van der Waals surface area (Å²) < 4.78 is 0. The Kier molecular flexibility index (Phi) is 4.16. The van der Waals surface area contributed by atoms with Gasteiger partial charge in [-0.3, -0.25) is 9.59 Å². The van der Waals surface area contributed by atoms with Crippen molar-refractivity contribution in [3.63, 3.8) is 0 Å². The van der Waals surface area contributed by atoms with Crippen LogP contribution in [0.4, 0.5) is 5.69 Å². The lowest BCUT2D eigenvalue weighted by molar-refractivity contribution is 0.102. The van der Waals surface area contributed by atoms with Gasteiger partial charge in [-0.2, -0.15) is 0 Å². The molecule has 2 rings (SSSR count). The van der Waals surface area contributed by atoms with Crippen LogP contribution in [0.25, 0.3) is 0 Å². The van der Waals surface area contributed by atoms with Crippen molar-refractivity contribution in [1.29, 1.82) is 0 Å². The van der Waals surface area contributed by atoms with E-state index in [1.165, 1.54) is 18.5 Å². The van der Waals surface area contributed by atoms with Gasteiger partial charge in [0.1, 0.15) is 10.6 Å². The molecule has 1 aromatic carbocycles. The average molecular weight is 308 g/mol. The Labute approximate surface area is 124 Å². The van der Waals surface area contributed by atoms with Gasteiger partial charge >= 0.3 is 0 Å². The van der Waals surface area contributed by atoms with Crippen LogP contribution in [0.5, 0.6) is 0 Å². The van der Waals surface area contributed by atoms with Gasteiger partial charge in [0, 0.05) is 24.0 Å². The molecule has 0 aliphatic heterocycles. The third-order valence-electron chi connectivity index (χ3n) is 2.57. The number of nitrogens with two attached hydrogens (primary N) is 1. The smallest absolute Gasteiger partial charge is 0.261 e. The van der Waals surface area contributed by atoms with Crippen LogP contribution < -0.4 is 16.5 Å². The Morgan fingerprint density at radius 3 is 2.75 bits per heavy atom. The topological polar surface area (TPSA) is 88.0 Å². The zero-order valence-corrected chi connectivity index (χ0v) is 11.7. The first-order valence-electron chi connectivity index (χ1n) is 5.57. The number of hydrogen-bond donors (Lipinski definition) is 3. The van der Waals surface area contributed by atoms with E-state index in [-0.39, 0.29) is 16.0 Å². The number of aromatic nitrogens is 1. The van der Waals surface area contributed by atoms with E-state index < -0.39 is 5.91 Å². The van der Waals surface area contributed by atoms with Gasteiger partial charge in [0.25, 0.3) is 5.91 Å². The van der Waals surface area contributed by atoms with E-state index in [0.717, 1.165) is 0 Å². The van der Waals surface area contributed by atoms with Crippen LogP contribution in [0, 0.1) is 0 Å². The average Bonchev–Trinajstić information content (AvgIpc) is 2.41. The first kappa shape index (κ1) is 14.2. The third kappa shape index (κ3) is 3.04. The molecule has 0 saturated heterocycles. The summed E-state index contributed by atoms with van der Waals surface area (Å²) in [4.78, 5) is 26.4. The lowest BCUT2D eigenvalue weighted by Crippen LogP contribution is -2.21. The van der Waals surface area contributed by atoms with Crippen LogP contribution in [0.15, 0.2) is 41.5 Å². The second kappa shape index (κ2) is 5.85. The molecule has 1 amide bonds. The highest BCUT2D eigenvalue weighted by molar-refractivity contribution is 7.80. The van der Waals surface area contributed by atoms with Gasteiger partial charge in [0.15, 0.2) is 5.43 Å². The summed E-state index contributed by atoms with van der Waals surface area (Å²) in [5.41, 5.74) is 6.03. The number of anilines is 1. The summed E-state index contributed by atoms with van der Waals surface area (Å²) in [7, 11) is 0. The second-order valence-electron chi connectivity index (χ2n) is 3.94. The fourth-order valence-corrected chi connectivity index (χ4v) is 1.85. The molecular formula is C13H10ClN3O2S. The summed E-state index contributed by atoms with van der Waals surface area (Å²) in [5, 5.41) is 2.88. The van der Waals surface area contributed by atoms with Crippen LogP contribution in [0.2, 0.25) is 5.02 Å². The van der Waals surface area contributed by atoms with E-state index in [1.807, 2.05) is 0 Å². The van der Waals surface area contributed by atoms with E-state index >= 15 is 0 Å². The van der Waals surface area contributed by atoms with E-state index in [9.17, 15) is 9.59 Å². The molecule has 0 spiro atoms. The Hall–Kier alpha value is -2.18. The summed E-state index contributed by atoms with van der Waals surface area (Å²) >= 11 is 10.8. The van der Waals surface area contributed by atoms with Crippen LogP contribution in [-0.2, 0) is 0 Å². The third-order valence-corrected chi connectivity index (χ3v) is 3.13. The van der Waals surface area contributed by atoms with Crippen molar-refractivity contribution in [2.45, 2.75) is 0 Å². The van der Waals surface area contributed by atoms with Gasteiger partial charge in [-0.05, 0) is 12.1 Å². The molecule has 0 atom stereocenters. The Balaban J connectivity index is 2.33. The number of thiocarbonyl (C=S) groups is 1. The molecule has 1 heterocycles. The molecular weight excluding hydrogens is 298 g/mol. The normalized spacial score (nSPS) is 10.1. The molecule has 0 aliphatic carbocycles. The zero-order chi connectivity index (χ0) is 14.7. The molecule has 0 fully saturated rings. The van der Waals surface area contributed by atoms with Crippen molar-refractivity contribution >= 4 is 40.4 Å². The van der Waals surface area contributed by atoms with Crippen molar-refractivity contribution < 1.29 is 4.79 Å². The van der Waals surface area contributed by atoms with Gasteiger partial charge in [0.2, 0.25) is 0 Å². The van der Waals surface area contributed by atoms with Gasteiger partial charge in [0.05, 0.1) is 10.7 Å². The fraction of sp³-hybridized carbons (Fsp3) is 0. The Morgan fingerprint density at radius 2 is 2.10 bits per heavy atom. The minimum atomic E-state index is -0.561. The van der Waals surface area contributed by atoms with Gasteiger partial charge in [-0.15, -0.1) is 0 Å². The van der Waals surface area contributed by atoms with E-state index in [0.29, 0.717) is 16.3 Å². The number of halogens is 1. The molecule has 4 N–H and O–H groups in total. The van der Waals surface area contributed by atoms with Crippen molar-refractivity contribution in [2.75, 3.05) is 5.32 Å². The number of hydrogen-bond acceptors (Lipinski definition) is 3. The van der Waals surface area contributed by atoms with Gasteiger partial charge in [-0.25, -0.2) is 0 Å². The highest BCUT2D eigenvalue weighted by Gasteiger charge is 2.12. The second-order valence-corrected chi connectivity index (χ2v) is 4.78. The van der Waals surface area contributed by atoms with Crippen LogP contribution >= 0.6 is 23.8 Å². The molecule has 7 heteroatoms. The lowest BCUT2D eigenvalue weighted by atomic mass is 10.2. The predicted molar refractivity (Wildman–Crippen MR) is 82.4 cm³/mol. The number of carbonyl (C=O) groups is 1. The number of aromatic amines is 1. The van der Waals surface area contributed by atoms with Gasteiger partial charge in [-0.1, -0.05) is 29.9 Å². The van der Waals surface area contributed by atoms with Crippen LogP contribution in [-0.4, -0.2) is 15.9 Å². The van der Waals surface area contributed by atoms with E-state index in [2.05, 4.69) is 10.3 Å². The van der Waals surface area contributed by atoms with Crippen molar-refractivity contribution in [3.8, 4) is 0 Å². The summed E-state index contributed by atoms with van der Waals surface area (Å²) in [6, 6.07) is 6.04. The quantitative estimate of drug-likeness (QED) is 0.756. The largest absolute Gasteiger partial charge is 0.389 e. The molecule has 102 valence electrons. The molecule has 20 heavy (non-hydrogen) atoms. The summed E-state index contributed by atoms with van der Waals surface area (Å²) in [6.45, 7) is 0. The Bertz CT molecular complexity index is 742. The molecule has 0 unspecified atom stereocenters. The van der Waals surface area contributed by atoms with Crippen LogP contribution in [0.1, 0.15) is 15.9 Å². The van der Waals surface area contributed by atoms with Crippen molar-refractivity contribution in [2.24, 2.45) is 5.73 Å². The molecule has 0 aliphatic rings. The number of H-pyrrole nitrogens is 1. The number of rotatable bonds is 3. The minimum absolute atomic E-state index is 0.00991. The molecule has 0 saturated carbocycles. The Morgan fingerprint density at radius 1 is 1.35 bits per heavy atom. The first-order valence-corrected chi connectivity index (χ1v) is 6.35. The van der Waals surface area contributed by atoms with E-state index in [1.54, 1.807) is 18.2 Å². The molecule has 5 nitrogen and oxygen atoms in total. The standard InChI is InChI=1S/C13H10ClN3O2S/c14-9-2-1-7(12(15)20)5-10(9)17-13(19)8-6-16-4-3-11(8)18/h1-6H,(H2,15,20)(H,16,18)(H,17,19). The number of benzene rings is 1. The number of nitrogens with one attached hydrogen (secondary N) is 2. The molecule has 1 aromatic heterocycles. The number of amides is 1. The maximum atomic E-state index is 12.0. The number of pyridine rings is 1. The maximum Gasteiger partial charge on any atom is 0.261 e. The summed E-state index contributed by atoms with van der Waals surface area (Å²) in [6.07, 6.45) is 2.77. The fourth-order valence-electron chi connectivity index (χ4n) is 1.56. The SMILES string of the molecule is NC(=S)c1ccc(Cl)c(NC(=O)c2c[nH]ccc2=O)c1.